The van der Waals surface area contributed by atoms with E-state index in [-0.39, 0.29) is 30.6 Å². The third-order valence-corrected chi connectivity index (χ3v) is 4.26. The van der Waals surface area contributed by atoms with E-state index in [1.807, 2.05) is 23.9 Å². The number of halogens is 4. The van der Waals surface area contributed by atoms with Crippen LogP contribution in [0, 0.1) is 0 Å². The normalized spacial score (nSPS) is 16.0. The molecular weight excluding hydrogens is 454 g/mol. The van der Waals surface area contributed by atoms with Gasteiger partial charge in [-0.2, -0.15) is 24.9 Å². The Balaban J connectivity index is 0.00000288. The minimum atomic E-state index is -4.29. The van der Waals surface area contributed by atoms with Crippen molar-refractivity contribution in [3.8, 4) is 0 Å². The first-order chi connectivity index (χ1) is 10.9. The number of rotatable bonds is 5. The average molecular weight is 475 g/mol. The molecule has 1 heterocycles. The fourth-order valence-corrected chi connectivity index (χ4v) is 2.99. The largest absolute Gasteiger partial charge is 0.411 e. The molecule has 0 unspecified atom stereocenters. The number of benzene rings is 1. The molecule has 2 rings (SSSR count). The Morgan fingerprint density at radius 2 is 1.75 bits per heavy atom. The number of thioether (sulfide) groups is 1. The summed E-state index contributed by atoms with van der Waals surface area (Å²) in [7, 11) is 0. The van der Waals surface area contributed by atoms with Gasteiger partial charge < -0.3 is 15.4 Å². The van der Waals surface area contributed by atoms with Crippen LogP contribution >= 0.6 is 35.7 Å². The third kappa shape index (κ3) is 7.93. The number of nitrogens with zero attached hydrogens (tertiary/aromatic N) is 2. The summed E-state index contributed by atoms with van der Waals surface area (Å²) in [6.45, 7) is 0.991. The van der Waals surface area contributed by atoms with Gasteiger partial charge in [0.2, 0.25) is 0 Å². The molecule has 1 saturated heterocycles. The van der Waals surface area contributed by atoms with E-state index in [2.05, 4.69) is 14.6 Å². The van der Waals surface area contributed by atoms with E-state index in [4.69, 9.17) is 5.73 Å². The molecule has 0 aliphatic carbocycles. The molecule has 1 aliphatic heterocycles. The van der Waals surface area contributed by atoms with E-state index in [9.17, 15) is 13.2 Å². The van der Waals surface area contributed by atoms with Gasteiger partial charge in [-0.05, 0) is 11.1 Å². The molecule has 1 aromatic rings. The molecule has 0 bridgehead atoms. The number of nitrogens with two attached hydrogens (primary N) is 1. The molecule has 0 spiro atoms. The van der Waals surface area contributed by atoms with Crippen molar-refractivity contribution in [1.82, 2.24) is 4.90 Å². The van der Waals surface area contributed by atoms with Gasteiger partial charge in [0.1, 0.15) is 6.61 Å². The Bertz CT molecular complexity index is 520. The van der Waals surface area contributed by atoms with Crippen molar-refractivity contribution in [3.05, 3.63) is 35.4 Å². The first-order valence-corrected chi connectivity index (χ1v) is 8.44. The highest BCUT2D eigenvalue weighted by atomic mass is 127. The summed E-state index contributed by atoms with van der Waals surface area (Å²) in [5, 5.41) is 0. The monoisotopic (exact) mass is 475 g/mol. The zero-order valence-corrected chi connectivity index (χ0v) is 16.2. The van der Waals surface area contributed by atoms with E-state index in [0.717, 1.165) is 30.2 Å². The number of guanidine groups is 1. The lowest BCUT2D eigenvalue weighted by Gasteiger charge is -2.27. The first-order valence-electron chi connectivity index (χ1n) is 7.29. The Kier molecular flexibility index (Phi) is 9.21. The van der Waals surface area contributed by atoms with Crippen LogP contribution in [0.3, 0.4) is 0 Å². The fourth-order valence-electron chi connectivity index (χ4n) is 2.09. The van der Waals surface area contributed by atoms with Gasteiger partial charge in [-0.25, -0.2) is 4.99 Å². The zero-order chi connectivity index (χ0) is 16.7. The molecule has 0 radical (unpaired) electrons. The molecule has 0 aromatic heterocycles. The number of ether oxygens (including phenoxy) is 1. The number of aliphatic imine (C=N–C) groups is 1. The van der Waals surface area contributed by atoms with Crippen LogP contribution in [0.5, 0.6) is 0 Å². The number of hydrogen-bond acceptors (Lipinski definition) is 3. The van der Waals surface area contributed by atoms with Crippen molar-refractivity contribution in [2.24, 2.45) is 10.7 Å². The topological polar surface area (TPSA) is 50.9 Å². The predicted octanol–water partition coefficient (Wildman–Crippen LogP) is 3.25. The average Bonchev–Trinajstić information content (AvgIpc) is 2.53. The molecule has 24 heavy (non-hydrogen) atoms. The molecule has 0 saturated carbocycles. The van der Waals surface area contributed by atoms with Gasteiger partial charge >= 0.3 is 6.18 Å². The van der Waals surface area contributed by atoms with E-state index in [1.54, 1.807) is 12.1 Å². The van der Waals surface area contributed by atoms with Crippen molar-refractivity contribution >= 4 is 41.7 Å². The van der Waals surface area contributed by atoms with Crippen molar-refractivity contribution in [3.63, 3.8) is 0 Å². The summed E-state index contributed by atoms with van der Waals surface area (Å²) in [5.41, 5.74) is 7.63. The molecular formula is C15H21F3IN3OS. The van der Waals surface area contributed by atoms with E-state index >= 15 is 0 Å². The van der Waals surface area contributed by atoms with Gasteiger partial charge in [-0.3, -0.25) is 0 Å². The molecule has 136 valence electrons. The maximum absolute atomic E-state index is 12.0. The smallest absolute Gasteiger partial charge is 0.370 e. The molecule has 9 heteroatoms. The summed E-state index contributed by atoms with van der Waals surface area (Å²) < 4.78 is 40.6. The minimum absolute atomic E-state index is 0. The summed E-state index contributed by atoms with van der Waals surface area (Å²) in [6, 6.07) is 7.15. The second-order valence-corrected chi connectivity index (χ2v) is 6.42. The Labute approximate surface area is 161 Å². The molecule has 0 atom stereocenters. The number of alkyl halides is 3. The highest BCUT2D eigenvalue weighted by Crippen LogP contribution is 2.16. The second kappa shape index (κ2) is 10.3. The zero-order valence-electron chi connectivity index (χ0n) is 13.1. The van der Waals surface area contributed by atoms with Crippen molar-refractivity contribution in [2.45, 2.75) is 19.3 Å². The lowest BCUT2D eigenvalue weighted by atomic mass is 10.1. The van der Waals surface area contributed by atoms with Gasteiger partial charge in [0.25, 0.3) is 0 Å². The Hall–Kier alpha value is -0.680. The van der Waals surface area contributed by atoms with Gasteiger partial charge in [0, 0.05) is 24.6 Å². The maximum atomic E-state index is 12.0. The minimum Gasteiger partial charge on any atom is -0.370 e. The van der Waals surface area contributed by atoms with Crippen LogP contribution in [0.15, 0.2) is 29.3 Å². The summed E-state index contributed by atoms with van der Waals surface area (Å²) >= 11 is 1.91. The molecule has 1 aliphatic rings. The van der Waals surface area contributed by atoms with E-state index in [1.165, 1.54) is 0 Å². The first kappa shape index (κ1) is 21.4. The summed E-state index contributed by atoms with van der Waals surface area (Å²) in [4.78, 5) is 6.44. The molecule has 2 N–H and O–H groups in total. The van der Waals surface area contributed by atoms with E-state index < -0.39 is 12.8 Å². The Morgan fingerprint density at radius 1 is 1.17 bits per heavy atom. The SMILES string of the molecule is I.NC(=NCc1ccc(COCC(F)(F)F)cc1)N1CCSCC1. The lowest BCUT2D eigenvalue weighted by molar-refractivity contribution is -0.176. The van der Waals surface area contributed by atoms with Gasteiger partial charge in [0.15, 0.2) is 5.96 Å². The molecule has 0 amide bonds. The third-order valence-electron chi connectivity index (χ3n) is 3.32. The predicted molar refractivity (Wildman–Crippen MR) is 102 cm³/mol. The standard InChI is InChI=1S/C15H20F3N3OS.HI/c16-15(17,18)11-22-10-13-3-1-12(2-4-13)9-20-14(19)21-5-7-23-8-6-21;/h1-4H,5-11H2,(H2,19,20);1H. The molecule has 1 fully saturated rings. The van der Waals surface area contributed by atoms with Crippen LogP contribution in [0.4, 0.5) is 13.2 Å². The van der Waals surface area contributed by atoms with Crippen LogP contribution in [0.1, 0.15) is 11.1 Å². The van der Waals surface area contributed by atoms with Crippen LogP contribution in [-0.4, -0.2) is 48.2 Å². The maximum Gasteiger partial charge on any atom is 0.411 e. The van der Waals surface area contributed by atoms with Crippen LogP contribution in [0.2, 0.25) is 0 Å². The molecule has 4 nitrogen and oxygen atoms in total. The fraction of sp³-hybridized carbons (Fsp3) is 0.533. The quantitative estimate of drug-likeness (QED) is 0.404. The second-order valence-electron chi connectivity index (χ2n) is 5.20. The van der Waals surface area contributed by atoms with Crippen molar-refractivity contribution in [1.29, 1.82) is 0 Å². The Morgan fingerprint density at radius 3 is 2.33 bits per heavy atom. The van der Waals surface area contributed by atoms with Gasteiger partial charge in [-0.15, -0.1) is 24.0 Å². The van der Waals surface area contributed by atoms with Crippen LogP contribution in [-0.2, 0) is 17.9 Å². The number of hydrogen-bond donors (Lipinski definition) is 1. The lowest BCUT2D eigenvalue weighted by Crippen LogP contribution is -2.42. The van der Waals surface area contributed by atoms with E-state index in [0.29, 0.717) is 18.1 Å². The summed E-state index contributed by atoms with van der Waals surface area (Å²) in [5.74, 6) is 2.66. The van der Waals surface area contributed by atoms with Crippen molar-refractivity contribution in [2.75, 3.05) is 31.2 Å². The van der Waals surface area contributed by atoms with Crippen LogP contribution < -0.4 is 5.73 Å². The van der Waals surface area contributed by atoms with Crippen molar-refractivity contribution < 1.29 is 17.9 Å². The van der Waals surface area contributed by atoms with Gasteiger partial charge in [-0.1, -0.05) is 24.3 Å². The van der Waals surface area contributed by atoms with Crippen LogP contribution in [0.25, 0.3) is 0 Å². The highest BCUT2D eigenvalue weighted by Gasteiger charge is 2.27. The highest BCUT2D eigenvalue weighted by molar-refractivity contribution is 14.0. The van der Waals surface area contributed by atoms with Gasteiger partial charge in [0.05, 0.1) is 13.2 Å². The summed E-state index contributed by atoms with van der Waals surface area (Å²) in [6.07, 6.45) is -4.29. The molecule has 1 aromatic carbocycles.